The average Bonchev–Trinajstić information content (AvgIpc) is 2.80. The normalized spacial score (nSPS) is 51.3. The number of fused-ring (bicyclic) bond motifs is 5. The van der Waals surface area contributed by atoms with Crippen LogP contribution in [0.25, 0.3) is 0 Å². The Kier molecular flexibility index (Phi) is 3.01. The van der Waals surface area contributed by atoms with E-state index in [1.165, 1.54) is 5.57 Å². The molecule has 6 atom stereocenters. The molecule has 0 aliphatic heterocycles. The van der Waals surface area contributed by atoms with E-state index < -0.39 is 5.60 Å². The number of hydrogen-bond acceptors (Lipinski definition) is 3. The van der Waals surface area contributed by atoms with Crippen molar-refractivity contribution in [3.8, 4) is 6.07 Å². The minimum atomic E-state index is -1.15. The van der Waals surface area contributed by atoms with Gasteiger partial charge in [0.25, 0.3) is 0 Å². The number of carbonyl (C=O) groups is 1. The van der Waals surface area contributed by atoms with Crippen LogP contribution in [-0.4, -0.2) is 16.5 Å². The van der Waals surface area contributed by atoms with Gasteiger partial charge in [0.1, 0.15) is 0 Å². The first-order valence-electron chi connectivity index (χ1n) is 8.92. The zero-order valence-corrected chi connectivity index (χ0v) is 14.0. The molecule has 0 heterocycles. The first kappa shape index (κ1) is 15.1. The van der Waals surface area contributed by atoms with E-state index in [1.54, 1.807) is 6.08 Å². The molecule has 4 rings (SSSR count). The molecular weight excluding hydrogens is 286 g/mol. The summed E-state index contributed by atoms with van der Waals surface area (Å²) in [7, 11) is 0. The molecule has 0 bridgehead atoms. The number of nitrogens with zero attached hydrogens (tertiary/aromatic N) is 1. The van der Waals surface area contributed by atoms with E-state index in [-0.39, 0.29) is 16.6 Å². The van der Waals surface area contributed by atoms with Gasteiger partial charge in [-0.15, -0.1) is 0 Å². The van der Waals surface area contributed by atoms with Gasteiger partial charge in [-0.2, -0.15) is 5.26 Å². The Hall–Kier alpha value is -1.40. The highest BCUT2D eigenvalue weighted by atomic mass is 16.3. The smallest absolute Gasteiger partial charge is 0.178 e. The van der Waals surface area contributed by atoms with Gasteiger partial charge < -0.3 is 5.11 Å². The van der Waals surface area contributed by atoms with Crippen molar-refractivity contribution in [1.29, 1.82) is 5.26 Å². The molecule has 0 aromatic carbocycles. The number of rotatable bonds is 0. The van der Waals surface area contributed by atoms with Crippen molar-refractivity contribution in [2.24, 2.45) is 28.6 Å². The molecule has 0 aromatic heterocycles. The van der Waals surface area contributed by atoms with Crippen LogP contribution in [0.1, 0.15) is 52.4 Å². The van der Waals surface area contributed by atoms with Crippen LogP contribution in [0.3, 0.4) is 0 Å². The van der Waals surface area contributed by atoms with Crippen LogP contribution >= 0.6 is 0 Å². The second-order valence-corrected chi connectivity index (χ2v) is 8.57. The van der Waals surface area contributed by atoms with Crippen LogP contribution in [0.4, 0.5) is 0 Å². The van der Waals surface area contributed by atoms with Crippen LogP contribution in [-0.2, 0) is 4.79 Å². The summed E-state index contributed by atoms with van der Waals surface area (Å²) in [5.41, 5.74) is -0.138. The van der Waals surface area contributed by atoms with Gasteiger partial charge in [0.2, 0.25) is 0 Å². The minimum absolute atomic E-state index is 0.00843. The highest BCUT2D eigenvalue weighted by Crippen LogP contribution is 2.66. The monoisotopic (exact) mass is 311 g/mol. The Morgan fingerprint density at radius 2 is 1.96 bits per heavy atom. The van der Waals surface area contributed by atoms with Gasteiger partial charge in [0.05, 0.1) is 6.07 Å². The summed E-state index contributed by atoms with van der Waals surface area (Å²) in [4.78, 5) is 11.7. The fourth-order valence-corrected chi connectivity index (χ4v) is 6.40. The molecule has 4 aliphatic carbocycles. The number of hydrogen-bond donors (Lipinski definition) is 1. The molecule has 0 aromatic rings. The Morgan fingerprint density at radius 1 is 1.22 bits per heavy atom. The lowest BCUT2D eigenvalue weighted by Gasteiger charge is -2.57. The number of ketones is 1. The maximum atomic E-state index is 11.7. The van der Waals surface area contributed by atoms with Crippen LogP contribution in [0.2, 0.25) is 0 Å². The van der Waals surface area contributed by atoms with E-state index in [0.717, 1.165) is 32.1 Å². The van der Waals surface area contributed by atoms with Gasteiger partial charge in [0.15, 0.2) is 11.4 Å². The summed E-state index contributed by atoms with van der Waals surface area (Å²) in [6.45, 7) is 4.42. The predicted molar refractivity (Wildman–Crippen MR) is 87.2 cm³/mol. The maximum Gasteiger partial charge on any atom is 0.178 e. The lowest BCUT2D eigenvalue weighted by molar-refractivity contribution is -0.111. The molecule has 0 unspecified atom stereocenters. The zero-order chi connectivity index (χ0) is 16.5. The van der Waals surface area contributed by atoms with Crippen molar-refractivity contribution in [3.05, 3.63) is 23.8 Å². The molecule has 1 N–H and O–H groups in total. The number of aliphatic hydroxyl groups is 1. The Bertz CT molecular complexity index is 672. The summed E-state index contributed by atoms with van der Waals surface area (Å²) in [6, 6.07) is 2.23. The fourth-order valence-electron chi connectivity index (χ4n) is 6.40. The number of allylic oxidation sites excluding steroid dienone is 4. The number of nitriles is 1. The van der Waals surface area contributed by atoms with Crippen LogP contribution < -0.4 is 0 Å². The second kappa shape index (κ2) is 4.57. The van der Waals surface area contributed by atoms with Gasteiger partial charge >= 0.3 is 0 Å². The molecule has 0 amide bonds. The van der Waals surface area contributed by atoms with E-state index >= 15 is 0 Å². The van der Waals surface area contributed by atoms with Crippen molar-refractivity contribution in [2.45, 2.75) is 58.0 Å². The largest absolute Gasteiger partial charge is 0.375 e. The number of carbonyl (C=O) groups excluding carboxylic acids is 1. The van der Waals surface area contributed by atoms with Crippen molar-refractivity contribution in [1.82, 2.24) is 0 Å². The summed E-state index contributed by atoms with van der Waals surface area (Å²) >= 11 is 0. The second-order valence-electron chi connectivity index (χ2n) is 8.57. The third-order valence-electron chi connectivity index (χ3n) is 7.89. The first-order chi connectivity index (χ1) is 10.8. The molecule has 0 saturated heterocycles. The van der Waals surface area contributed by atoms with Crippen molar-refractivity contribution in [2.75, 3.05) is 0 Å². The molecule has 0 radical (unpaired) electrons. The third-order valence-corrected chi connectivity index (χ3v) is 7.89. The van der Waals surface area contributed by atoms with E-state index in [0.29, 0.717) is 24.2 Å². The lowest BCUT2D eigenvalue weighted by Crippen LogP contribution is -2.53. The maximum absolute atomic E-state index is 11.7. The van der Waals surface area contributed by atoms with Crippen molar-refractivity contribution in [3.63, 3.8) is 0 Å². The molecule has 4 aliphatic rings. The Balaban J connectivity index is 1.72. The molecule has 122 valence electrons. The van der Waals surface area contributed by atoms with E-state index in [1.807, 2.05) is 6.08 Å². The molecule has 0 spiro atoms. The van der Waals surface area contributed by atoms with E-state index in [2.05, 4.69) is 26.0 Å². The SMILES string of the molecule is C[C@]12C=CC(=O)C=C1CC[C@@H]1[C@H]2CC[C@@]2(C)[C@@H]1CC[C@]2(O)C#N. The van der Waals surface area contributed by atoms with E-state index in [9.17, 15) is 15.2 Å². The quantitative estimate of drug-likeness (QED) is 0.696. The highest BCUT2D eigenvalue weighted by Gasteiger charge is 2.64. The van der Waals surface area contributed by atoms with Crippen molar-refractivity contribution < 1.29 is 9.90 Å². The van der Waals surface area contributed by atoms with Crippen molar-refractivity contribution >= 4 is 5.78 Å². The summed E-state index contributed by atoms with van der Waals surface area (Å²) in [6.07, 6.45) is 11.3. The topological polar surface area (TPSA) is 61.1 Å². The molecule has 3 saturated carbocycles. The van der Waals surface area contributed by atoms with Crippen LogP contribution in [0.5, 0.6) is 0 Å². The highest BCUT2D eigenvalue weighted by molar-refractivity contribution is 6.01. The van der Waals surface area contributed by atoms with Gasteiger partial charge in [-0.1, -0.05) is 25.5 Å². The molecule has 23 heavy (non-hydrogen) atoms. The van der Waals surface area contributed by atoms with Crippen LogP contribution in [0, 0.1) is 39.9 Å². The Morgan fingerprint density at radius 3 is 2.70 bits per heavy atom. The standard InChI is InChI=1S/C20H25NO2/c1-18-8-5-14(22)11-13(18)3-4-15-16(18)6-9-19(2)17(15)7-10-20(19,23)12-21/h5,8,11,15-17,23H,3-4,6-7,9-10H2,1-2H3/t15-,16-,17-,18+,19+,20+/m1/s1. The minimum Gasteiger partial charge on any atom is -0.375 e. The average molecular weight is 311 g/mol. The molecule has 3 heteroatoms. The van der Waals surface area contributed by atoms with Gasteiger partial charge in [-0.3, -0.25) is 4.79 Å². The van der Waals surface area contributed by atoms with Crippen LogP contribution in [0.15, 0.2) is 23.8 Å². The first-order valence-corrected chi connectivity index (χ1v) is 8.92. The summed E-state index contributed by atoms with van der Waals surface area (Å²) in [5, 5.41) is 20.4. The zero-order valence-electron chi connectivity index (χ0n) is 14.0. The van der Waals surface area contributed by atoms with E-state index in [4.69, 9.17) is 0 Å². The molecule has 3 fully saturated rings. The van der Waals surface area contributed by atoms with Gasteiger partial charge in [-0.25, -0.2) is 0 Å². The summed E-state index contributed by atoms with van der Waals surface area (Å²) < 4.78 is 0. The molecule has 3 nitrogen and oxygen atoms in total. The lowest BCUT2D eigenvalue weighted by atomic mass is 9.47. The fraction of sp³-hybridized carbons (Fsp3) is 0.700. The summed E-state index contributed by atoms with van der Waals surface area (Å²) in [5.74, 6) is 1.63. The van der Waals surface area contributed by atoms with Gasteiger partial charge in [-0.05, 0) is 68.4 Å². The predicted octanol–water partition coefficient (Wildman–Crippen LogP) is 3.55. The third kappa shape index (κ3) is 1.76. The molecular formula is C20H25NO2. The van der Waals surface area contributed by atoms with Gasteiger partial charge in [0, 0.05) is 10.8 Å². The Labute approximate surface area is 138 Å².